The van der Waals surface area contributed by atoms with Gasteiger partial charge in [-0.3, -0.25) is 0 Å². The highest BCUT2D eigenvalue weighted by Crippen LogP contribution is 2.50. The lowest BCUT2D eigenvalue weighted by molar-refractivity contribution is -0.136. The van der Waals surface area contributed by atoms with E-state index < -0.39 is 12.2 Å². The van der Waals surface area contributed by atoms with Crippen LogP contribution in [0.15, 0.2) is 99.7 Å². The first-order valence-electron chi connectivity index (χ1n) is 14.7. The van der Waals surface area contributed by atoms with Crippen LogP contribution in [0.3, 0.4) is 0 Å². The molecule has 7 heteroatoms. The topological polar surface area (TPSA) is 46.2 Å². The Morgan fingerprint density at radius 1 is 0.744 bits per heavy atom. The summed E-state index contributed by atoms with van der Waals surface area (Å²) < 4.78 is 31.5. The van der Waals surface area contributed by atoms with Crippen LogP contribution in [-0.4, -0.2) is 63.2 Å². The van der Waals surface area contributed by atoms with Gasteiger partial charge in [0.05, 0.1) is 43.5 Å². The van der Waals surface area contributed by atoms with Crippen molar-refractivity contribution in [2.45, 2.75) is 48.6 Å². The van der Waals surface area contributed by atoms with Gasteiger partial charge >= 0.3 is 0 Å². The van der Waals surface area contributed by atoms with E-state index in [4.69, 9.17) is 35.3 Å². The number of aryl methyl sites for hydroxylation is 1. The third-order valence-electron chi connectivity index (χ3n) is 7.04. The van der Waals surface area contributed by atoms with Crippen molar-refractivity contribution in [2.24, 2.45) is 0 Å². The molecule has 1 fully saturated rings. The summed E-state index contributed by atoms with van der Waals surface area (Å²) in [6.07, 6.45) is 9.18. The summed E-state index contributed by atoms with van der Waals surface area (Å²) in [5.41, 5.74) is 4.45. The van der Waals surface area contributed by atoms with E-state index in [2.05, 4.69) is 70.2 Å². The highest BCUT2D eigenvalue weighted by molar-refractivity contribution is 8.00. The molecule has 1 aliphatic rings. The van der Waals surface area contributed by atoms with Crippen molar-refractivity contribution in [3.63, 3.8) is 0 Å². The second kappa shape index (κ2) is 18.9. The van der Waals surface area contributed by atoms with Crippen LogP contribution < -0.4 is 4.74 Å². The zero-order chi connectivity index (χ0) is 31.0. The number of hydrogen-bond acceptors (Lipinski definition) is 6. The highest BCUT2D eigenvalue weighted by Gasteiger charge is 2.49. The highest BCUT2D eigenvalue weighted by atomic mass is 35.5. The lowest BCUT2D eigenvalue weighted by atomic mass is 9.93. The van der Waals surface area contributed by atoms with E-state index in [0.29, 0.717) is 56.8 Å². The minimum atomic E-state index is -0.436. The van der Waals surface area contributed by atoms with Crippen molar-refractivity contribution in [1.82, 2.24) is 0 Å². The molecule has 1 saturated heterocycles. The molecular formula is C36H45ClO5S. The monoisotopic (exact) mass is 624 g/mol. The molecule has 0 saturated carbocycles. The summed E-state index contributed by atoms with van der Waals surface area (Å²) in [6.45, 7) is 23.7. The number of rotatable bonds is 20. The Bertz CT molecular complexity index is 1200. The molecule has 232 valence electrons. The van der Waals surface area contributed by atoms with Gasteiger partial charge in [0.2, 0.25) is 0 Å². The van der Waals surface area contributed by atoms with Gasteiger partial charge in [-0.2, -0.15) is 0 Å². The molecule has 43 heavy (non-hydrogen) atoms. The first-order chi connectivity index (χ1) is 21.0. The largest absolute Gasteiger partial charge is 0.489 e. The van der Waals surface area contributed by atoms with E-state index in [1.54, 1.807) is 42.1 Å². The predicted octanol–water partition coefficient (Wildman–Crippen LogP) is 8.13. The summed E-state index contributed by atoms with van der Waals surface area (Å²) in [4.78, 5) is 0. The van der Waals surface area contributed by atoms with Crippen LogP contribution in [-0.2, 0) is 31.8 Å². The molecule has 0 amide bonds. The fourth-order valence-corrected chi connectivity index (χ4v) is 6.92. The Balaban J connectivity index is 2.13. The van der Waals surface area contributed by atoms with Gasteiger partial charge < -0.3 is 23.7 Å². The van der Waals surface area contributed by atoms with Crippen molar-refractivity contribution in [3.8, 4) is 5.75 Å². The predicted molar refractivity (Wildman–Crippen MR) is 181 cm³/mol. The molecule has 0 aliphatic carbocycles. The Labute approximate surface area is 267 Å². The summed E-state index contributed by atoms with van der Waals surface area (Å²) in [5.74, 6) is 0.679. The lowest BCUT2D eigenvalue weighted by Gasteiger charge is -2.46. The maximum Gasteiger partial charge on any atom is 0.125 e. The number of halogens is 1. The molecule has 2 aromatic carbocycles. The van der Waals surface area contributed by atoms with Crippen molar-refractivity contribution < 1.29 is 23.7 Å². The van der Waals surface area contributed by atoms with E-state index in [1.165, 1.54) is 11.1 Å². The Hall–Kier alpha value is -2.58. The first-order valence-corrected chi connectivity index (χ1v) is 16.0. The van der Waals surface area contributed by atoms with Gasteiger partial charge in [0.15, 0.2) is 0 Å². The molecule has 0 unspecified atom stereocenters. The van der Waals surface area contributed by atoms with Crippen LogP contribution in [0.25, 0.3) is 0 Å². The second-order valence-electron chi connectivity index (χ2n) is 10.1. The van der Waals surface area contributed by atoms with Gasteiger partial charge in [-0.25, -0.2) is 0 Å². The molecule has 0 spiro atoms. The molecule has 5 nitrogen and oxygen atoms in total. The summed E-state index contributed by atoms with van der Waals surface area (Å²) >= 11 is 8.62. The van der Waals surface area contributed by atoms with Gasteiger partial charge in [-0.15, -0.1) is 38.1 Å². The zero-order valence-electron chi connectivity index (χ0n) is 25.3. The number of benzene rings is 2. The zero-order valence-corrected chi connectivity index (χ0v) is 26.8. The fraction of sp³-hybridized carbons (Fsp3) is 0.389. The molecule has 0 N–H and O–H groups in total. The van der Waals surface area contributed by atoms with E-state index in [1.807, 2.05) is 6.07 Å². The maximum atomic E-state index is 6.89. The van der Waals surface area contributed by atoms with Gasteiger partial charge in [0.1, 0.15) is 30.7 Å². The minimum Gasteiger partial charge on any atom is -0.489 e. The standard InChI is InChI=1S/C36H45ClO5S/c1-7-17-38-25-32-33(40-19-9-3)34(41-20-10-4)35(42-21-11-5)36(43-32)29-23-28(30(37)24-31(29)39-18-8-2)22-27-15-13-26(12-6)14-16-27/h7-11,13-16,23-24,32-36H,1-5,12,17-22,25H2,6H3/t32-,33-,34+,35-,36+/m1/s1. The van der Waals surface area contributed by atoms with Crippen LogP contribution in [0.2, 0.25) is 5.02 Å². The normalized spacial score (nSPS) is 21.6. The van der Waals surface area contributed by atoms with Gasteiger partial charge in [0.25, 0.3) is 0 Å². The van der Waals surface area contributed by atoms with E-state index in [-0.39, 0.29) is 16.6 Å². The lowest BCUT2D eigenvalue weighted by Crippen LogP contribution is -2.55. The molecule has 1 aliphatic heterocycles. The fourth-order valence-electron chi connectivity index (χ4n) is 5.04. The van der Waals surface area contributed by atoms with E-state index in [9.17, 15) is 0 Å². The quantitative estimate of drug-likeness (QED) is 0.109. The SMILES string of the molecule is C=CCOC[C@H]1S[C@@H](c2cc(Cc3ccc(CC)cc3)c(Cl)cc2OCC=C)[C@H](OCC=C)[C@@H](OCC=C)[C@@H]1OCC=C. The Kier molecular flexibility index (Phi) is 15.4. The smallest absolute Gasteiger partial charge is 0.125 e. The van der Waals surface area contributed by atoms with Crippen LogP contribution in [0, 0.1) is 0 Å². The van der Waals surface area contributed by atoms with Crippen molar-refractivity contribution >= 4 is 23.4 Å². The minimum absolute atomic E-state index is 0.0868. The van der Waals surface area contributed by atoms with Gasteiger partial charge in [-0.1, -0.05) is 79.7 Å². The van der Waals surface area contributed by atoms with Crippen LogP contribution in [0.5, 0.6) is 5.75 Å². The maximum absolute atomic E-state index is 6.89. The second-order valence-corrected chi connectivity index (χ2v) is 11.9. The van der Waals surface area contributed by atoms with Crippen LogP contribution in [0.1, 0.15) is 34.4 Å². The average Bonchev–Trinajstić information content (AvgIpc) is 3.02. The molecule has 0 bridgehead atoms. The summed E-state index contributed by atoms with van der Waals surface area (Å²) in [7, 11) is 0. The molecular weight excluding hydrogens is 580 g/mol. The third-order valence-corrected chi connectivity index (χ3v) is 8.96. The molecule has 5 atom stereocenters. The van der Waals surface area contributed by atoms with Gasteiger partial charge in [0, 0.05) is 10.6 Å². The molecule has 2 aromatic rings. The number of thioether (sulfide) groups is 1. The Morgan fingerprint density at radius 2 is 1.33 bits per heavy atom. The van der Waals surface area contributed by atoms with E-state index in [0.717, 1.165) is 17.5 Å². The molecule has 3 rings (SSSR count). The third kappa shape index (κ3) is 9.97. The average molecular weight is 625 g/mol. The molecule has 0 aromatic heterocycles. The van der Waals surface area contributed by atoms with Crippen LogP contribution >= 0.6 is 23.4 Å². The van der Waals surface area contributed by atoms with Crippen molar-refractivity contribution in [2.75, 3.05) is 39.6 Å². The first kappa shape index (κ1) is 34.9. The molecule has 0 radical (unpaired) electrons. The molecule has 1 heterocycles. The summed E-state index contributed by atoms with van der Waals surface area (Å²) in [5, 5.41) is 0.356. The van der Waals surface area contributed by atoms with Crippen molar-refractivity contribution in [3.05, 3.63) is 127 Å². The van der Waals surface area contributed by atoms with Crippen LogP contribution in [0.4, 0.5) is 0 Å². The van der Waals surface area contributed by atoms with Crippen molar-refractivity contribution in [1.29, 1.82) is 0 Å². The number of ether oxygens (including phenoxy) is 5. The number of hydrogen-bond donors (Lipinski definition) is 0. The Morgan fingerprint density at radius 3 is 1.93 bits per heavy atom. The van der Waals surface area contributed by atoms with Gasteiger partial charge in [-0.05, 0) is 41.7 Å². The van der Waals surface area contributed by atoms with E-state index >= 15 is 0 Å². The summed E-state index contributed by atoms with van der Waals surface area (Å²) in [6, 6.07) is 12.7.